The van der Waals surface area contributed by atoms with Crippen molar-refractivity contribution in [2.24, 2.45) is 0 Å². The molecule has 3 heterocycles. The lowest BCUT2D eigenvalue weighted by atomic mass is 10.1. The summed E-state index contributed by atoms with van der Waals surface area (Å²) in [6.45, 7) is 2.48. The lowest BCUT2D eigenvalue weighted by molar-refractivity contribution is 0.0746. The molecule has 0 spiro atoms. The molecule has 0 atom stereocenters. The smallest absolute Gasteiger partial charge is 0.254 e. The largest absolute Gasteiger partial charge is 0.352 e. The topological polar surface area (TPSA) is 62.2 Å². The molecule has 6 nitrogen and oxygen atoms in total. The van der Waals surface area contributed by atoms with Gasteiger partial charge >= 0.3 is 0 Å². The Balaban J connectivity index is 1.36. The molecule has 1 saturated heterocycles. The van der Waals surface area contributed by atoms with Crippen LogP contribution in [0.4, 0.5) is 10.2 Å². The number of aromatic nitrogens is 3. The third-order valence-electron chi connectivity index (χ3n) is 5.29. The summed E-state index contributed by atoms with van der Waals surface area (Å²) in [6, 6.07) is 13.2. The average Bonchev–Trinajstić information content (AvgIpc) is 3.23. The predicted octanol–water partition coefficient (Wildman–Crippen LogP) is 4.51. The van der Waals surface area contributed by atoms with Crippen LogP contribution in [0, 0.1) is 5.82 Å². The number of nitrogens with zero attached hydrogens (tertiary/aromatic N) is 5. The van der Waals surface area contributed by atoms with E-state index in [9.17, 15) is 9.18 Å². The average molecular weight is 454 g/mol. The summed E-state index contributed by atoms with van der Waals surface area (Å²) in [5.74, 6) is 0.501. The van der Waals surface area contributed by atoms with Gasteiger partial charge in [-0.1, -0.05) is 17.7 Å². The van der Waals surface area contributed by atoms with E-state index in [4.69, 9.17) is 11.6 Å². The van der Waals surface area contributed by atoms with Crippen LogP contribution in [0.3, 0.4) is 0 Å². The van der Waals surface area contributed by atoms with Crippen molar-refractivity contribution in [1.82, 2.24) is 19.2 Å². The highest BCUT2D eigenvalue weighted by Gasteiger charge is 2.25. The number of benzene rings is 2. The van der Waals surface area contributed by atoms with Crippen LogP contribution >= 0.6 is 23.1 Å². The lowest BCUT2D eigenvalue weighted by Gasteiger charge is -2.35. The SMILES string of the molecule is O=C(c1cccc(Cl)c1)N1CCN(c2ncnc3c(-c4ccc(F)cc4)nsc23)CC1. The highest BCUT2D eigenvalue weighted by Crippen LogP contribution is 2.34. The number of amides is 1. The first-order valence-electron chi connectivity index (χ1n) is 9.76. The number of hydrogen-bond acceptors (Lipinski definition) is 6. The van der Waals surface area contributed by atoms with E-state index in [0.717, 1.165) is 27.3 Å². The molecule has 0 unspecified atom stereocenters. The van der Waals surface area contributed by atoms with Crippen molar-refractivity contribution in [2.45, 2.75) is 0 Å². The van der Waals surface area contributed by atoms with Crippen LogP contribution < -0.4 is 4.90 Å². The van der Waals surface area contributed by atoms with Crippen molar-refractivity contribution in [2.75, 3.05) is 31.1 Å². The quantitative estimate of drug-likeness (QED) is 0.456. The summed E-state index contributed by atoms with van der Waals surface area (Å²) in [5, 5.41) is 0.551. The van der Waals surface area contributed by atoms with Gasteiger partial charge in [0.05, 0.1) is 0 Å². The maximum atomic E-state index is 13.3. The van der Waals surface area contributed by atoms with E-state index in [-0.39, 0.29) is 11.7 Å². The monoisotopic (exact) mass is 453 g/mol. The number of carbonyl (C=O) groups is 1. The number of fused-ring (bicyclic) bond motifs is 1. The number of carbonyl (C=O) groups excluding carboxylic acids is 1. The van der Waals surface area contributed by atoms with Crippen molar-refractivity contribution in [1.29, 1.82) is 0 Å². The van der Waals surface area contributed by atoms with E-state index >= 15 is 0 Å². The molecule has 9 heteroatoms. The first kappa shape index (κ1) is 19.8. The van der Waals surface area contributed by atoms with E-state index in [1.165, 1.54) is 30.0 Å². The van der Waals surface area contributed by atoms with Gasteiger partial charge in [0.2, 0.25) is 0 Å². The van der Waals surface area contributed by atoms with Gasteiger partial charge in [-0.3, -0.25) is 4.79 Å². The lowest BCUT2D eigenvalue weighted by Crippen LogP contribution is -2.49. The molecule has 2 aromatic heterocycles. The van der Waals surface area contributed by atoms with E-state index in [0.29, 0.717) is 36.8 Å². The molecule has 31 heavy (non-hydrogen) atoms. The van der Waals surface area contributed by atoms with Gasteiger partial charge < -0.3 is 9.80 Å². The fourth-order valence-corrected chi connectivity index (χ4v) is 4.76. The second-order valence-corrected chi connectivity index (χ2v) is 8.41. The Bertz CT molecular complexity index is 1250. The maximum absolute atomic E-state index is 13.3. The van der Waals surface area contributed by atoms with Crippen molar-refractivity contribution >= 4 is 45.1 Å². The number of hydrogen-bond donors (Lipinski definition) is 0. The maximum Gasteiger partial charge on any atom is 0.254 e. The third kappa shape index (κ3) is 3.84. The van der Waals surface area contributed by atoms with Gasteiger partial charge in [-0.25, -0.2) is 14.4 Å². The summed E-state index contributed by atoms with van der Waals surface area (Å²) < 4.78 is 18.7. The van der Waals surface area contributed by atoms with Gasteiger partial charge in [0.25, 0.3) is 5.91 Å². The Hall–Kier alpha value is -3.10. The Kier molecular flexibility index (Phi) is 5.25. The van der Waals surface area contributed by atoms with Crippen LogP contribution in [-0.2, 0) is 0 Å². The molecule has 0 saturated carbocycles. The van der Waals surface area contributed by atoms with Crippen molar-refractivity contribution < 1.29 is 9.18 Å². The molecule has 1 aliphatic rings. The van der Waals surface area contributed by atoms with Gasteiger partial charge in [-0.05, 0) is 54.0 Å². The van der Waals surface area contributed by atoms with Gasteiger partial charge in [-0.2, -0.15) is 4.37 Å². The van der Waals surface area contributed by atoms with Crippen molar-refractivity contribution in [3.63, 3.8) is 0 Å². The fraction of sp³-hybridized carbons (Fsp3) is 0.182. The summed E-state index contributed by atoms with van der Waals surface area (Å²) >= 11 is 7.36. The van der Waals surface area contributed by atoms with Gasteiger partial charge in [0, 0.05) is 42.3 Å². The predicted molar refractivity (Wildman–Crippen MR) is 120 cm³/mol. The number of anilines is 1. The molecule has 2 aromatic carbocycles. The van der Waals surface area contributed by atoms with Gasteiger partial charge in [0.15, 0.2) is 5.82 Å². The van der Waals surface area contributed by atoms with Gasteiger partial charge in [-0.15, -0.1) is 0 Å². The van der Waals surface area contributed by atoms with Crippen LogP contribution in [0.5, 0.6) is 0 Å². The number of piperazine rings is 1. The van der Waals surface area contributed by atoms with Crippen LogP contribution in [0.15, 0.2) is 54.9 Å². The Morgan fingerprint density at radius 3 is 2.55 bits per heavy atom. The summed E-state index contributed by atoms with van der Waals surface area (Å²) in [6.07, 6.45) is 1.53. The fourth-order valence-electron chi connectivity index (χ4n) is 3.70. The second-order valence-electron chi connectivity index (χ2n) is 7.20. The van der Waals surface area contributed by atoms with Crippen molar-refractivity contribution in [3.8, 4) is 11.3 Å². The Labute approximate surface area is 187 Å². The minimum atomic E-state index is -0.288. The van der Waals surface area contributed by atoms with E-state index in [2.05, 4.69) is 19.2 Å². The molecule has 0 bridgehead atoms. The zero-order valence-electron chi connectivity index (χ0n) is 16.3. The molecular weight excluding hydrogens is 437 g/mol. The van der Waals surface area contributed by atoms with E-state index < -0.39 is 0 Å². The molecule has 1 aliphatic heterocycles. The van der Waals surface area contributed by atoms with Crippen LogP contribution in [0.25, 0.3) is 21.5 Å². The molecule has 4 aromatic rings. The summed E-state index contributed by atoms with van der Waals surface area (Å²) in [4.78, 5) is 25.7. The van der Waals surface area contributed by atoms with Crippen LogP contribution in [0.2, 0.25) is 5.02 Å². The van der Waals surface area contributed by atoms with Gasteiger partial charge in [0.1, 0.15) is 28.1 Å². The second kappa shape index (κ2) is 8.20. The minimum absolute atomic E-state index is 0.0219. The summed E-state index contributed by atoms with van der Waals surface area (Å²) in [7, 11) is 0. The first-order valence-corrected chi connectivity index (χ1v) is 10.9. The molecule has 0 aliphatic carbocycles. The molecule has 1 amide bonds. The minimum Gasteiger partial charge on any atom is -0.352 e. The zero-order valence-corrected chi connectivity index (χ0v) is 17.9. The first-order chi connectivity index (χ1) is 15.1. The molecular formula is C22H17ClFN5OS. The standard InChI is InChI=1S/C22H17ClFN5OS/c23-16-3-1-2-15(12-16)22(30)29-10-8-28(9-11-29)21-20-19(25-13-26-21)18(27-31-20)14-4-6-17(24)7-5-14/h1-7,12-13H,8-11H2. The number of rotatable bonds is 3. The normalized spacial score (nSPS) is 14.3. The molecule has 156 valence electrons. The molecule has 5 rings (SSSR count). The van der Waals surface area contributed by atoms with Crippen LogP contribution in [-0.4, -0.2) is 51.3 Å². The molecule has 1 fully saturated rings. The Morgan fingerprint density at radius 1 is 1.03 bits per heavy atom. The summed E-state index contributed by atoms with van der Waals surface area (Å²) in [5.41, 5.74) is 2.88. The highest BCUT2D eigenvalue weighted by atomic mass is 35.5. The van der Waals surface area contributed by atoms with Crippen LogP contribution in [0.1, 0.15) is 10.4 Å². The van der Waals surface area contributed by atoms with E-state index in [1.807, 2.05) is 4.90 Å². The third-order valence-corrected chi connectivity index (χ3v) is 6.36. The molecule has 0 radical (unpaired) electrons. The number of halogens is 2. The molecule has 0 N–H and O–H groups in total. The zero-order chi connectivity index (χ0) is 21.4. The Morgan fingerprint density at radius 2 is 1.81 bits per heavy atom. The highest BCUT2D eigenvalue weighted by molar-refractivity contribution is 7.14. The van der Waals surface area contributed by atoms with Crippen molar-refractivity contribution in [3.05, 3.63) is 71.3 Å². The van der Waals surface area contributed by atoms with E-state index in [1.54, 1.807) is 36.4 Å².